The quantitative estimate of drug-likeness (QED) is 0.276. The molecule has 0 amide bonds. The van der Waals surface area contributed by atoms with Crippen LogP contribution >= 0.6 is 0 Å². The predicted molar refractivity (Wildman–Crippen MR) is 86.7 cm³/mol. The number of nitrogens with zero attached hydrogens (tertiary/aromatic N) is 2. The normalized spacial score (nSPS) is 10.8. The van der Waals surface area contributed by atoms with Gasteiger partial charge in [0.05, 0.1) is 6.54 Å². The molecule has 1 rings (SSSR count). The average molecular weight is 277 g/mol. The fourth-order valence-electron chi connectivity index (χ4n) is 2.61. The third kappa shape index (κ3) is 8.19. The molecule has 0 spiro atoms. The highest BCUT2D eigenvalue weighted by molar-refractivity contribution is 4.73. The molecule has 0 aliphatic heterocycles. The van der Waals surface area contributed by atoms with Crippen molar-refractivity contribution >= 4 is 0 Å². The lowest BCUT2D eigenvalue weighted by Crippen LogP contribution is -2.30. The molecule has 0 bridgehead atoms. The summed E-state index contributed by atoms with van der Waals surface area (Å²) < 4.78 is 4.46. The fraction of sp³-hybridized carbons (Fsp3) is 0.722. The molecular weight excluding hydrogens is 244 g/mol. The molecule has 0 aromatic carbocycles. The highest BCUT2D eigenvalue weighted by atomic mass is 15.1. The van der Waals surface area contributed by atoms with E-state index in [0.717, 1.165) is 13.1 Å². The highest BCUT2D eigenvalue weighted by Crippen LogP contribution is 2.10. The van der Waals surface area contributed by atoms with Gasteiger partial charge in [-0.3, -0.25) is 0 Å². The number of imidazole rings is 1. The third-order valence-electron chi connectivity index (χ3n) is 3.86. The van der Waals surface area contributed by atoms with Gasteiger partial charge < -0.3 is 0 Å². The maximum Gasteiger partial charge on any atom is 0.244 e. The van der Waals surface area contributed by atoms with E-state index in [1.165, 1.54) is 64.2 Å². The second-order valence-electron chi connectivity index (χ2n) is 5.82. The van der Waals surface area contributed by atoms with Crippen LogP contribution in [0.25, 0.3) is 0 Å². The Hall–Kier alpha value is -1.05. The van der Waals surface area contributed by atoms with Gasteiger partial charge in [-0.2, -0.15) is 0 Å². The Balaban J connectivity index is 1.90. The van der Waals surface area contributed by atoms with Crippen LogP contribution in [-0.2, 0) is 13.1 Å². The van der Waals surface area contributed by atoms with Crippen LogP contribution in [0.3, 0.4) is 0 Å². The zero-order valence-corrected chi connectivity index (χ0v) is 13.4. The molecule has 2 nitrogen and oxygen atoms in total. The molecule has 0 saturated heterocycles. The Morgan fingerprint density at radius 2 is 1.55 bits per heavy atom. The van der Waals surface area contributed by atoms with Crippen LogP contribution in [0, 0.1) is 0 Å². The summed E-state index contributed by atoms with van der Waals surface area (Å²) in [4.78, 5) is 0. The summed E-state index contributed by atoms with van der Waals surface area (Å²) in [5.74, 6) is 0. The van der Waals surface area contributed by atoms with Crippen molar-refractivity contribution in [1.82, 2.24) is 4.57 Å². The van der Waals surface area contributed by atoms with E-state index in [1.54, 1.807) is 0 Å². The standard InChI is InChI=1S/C18H33N2/c1-3-5-6-7-8-9-10-11-12-13-15-20-17-16-19(18-20)14-4-2/h4,16-18H,2-3,5-15H2,1H3/q+1. The largest absolute Gasteiger partial charge is 0.244 e. The Kier molecular flexibility index (Phi) is 9.99. The Bertz CT molecular complexity index is 341. The van der Waals surface area contributed by atoms with Gasteiger partial charge in [-0.1, -0.05) is 70.9 Å². The maximum absolute atomic E-state index is 3.76. The minimum Gasteiger partial charge on any atom is -0.237 e. The van der Waals surface area contributed by atoms with Crippen molar-refractivity contribution in [2.45, 2.75) is 84.2 Å². The molecule has 2 heteroatoms. The third-order valence-corrected chi connectivity index (χ3v) is 3.86. The lowest BCUT2D eigenvalue weighted by Gasteiger charge is -2.01. The molecule has 20 heavy (non-hydrogen) atoms. The van der Waals surface area contributed by atoms with Crippen molar-refractivity contribution in [2.75, 3.05) is 0 Å². The Morgan fingerprint density at radius 1 is 0.950 bits per heavy atom. The van der Waals surface area contributed by atoms with Crippen molar-refractivity contribution in [3.05, 3.63) is 31.4 Å². The average Bonchev–Trinajstić information content (AvgIpc) is 2.89. The molecule has 1 aromatic heterocycles. The van der Waals surface area contributed by atoms with Crippen LogP contribution in [0.4, 0.5) is 0 Å². The van der Waals surface area contributed by atoms with Gasteiger partial charge in [0, 0.05) is 0 Å². The predicted octanol–water partition coefficient (Wildman–Crippen LogP) is 4.88. The second-order valence-corrected chi connectivity index (χ2v) is 5.82. The summed E-state index contributed by atoms with van der Waals surface area (Å²) in [6.07, 6.45) is 22.4. The zero-order chi connectivity index (χ0) is 14.5. The summed E-state index contributed by atoms with van der Waals surface area (Å²) in [5, 5.41) is 0. The lowest BCUT2D eigenvalue weighted by molar-refractivity contribution is -0.696. The van der Waals surface area contributed by atoms with E-state index >= 15 is 0 Å². The van der Waals surface area contributed by atoms with Gasteiger partial charge in [0.25, 0.3) is 0 Å². The number of hydrogen-bond donors (Lipinski definition) is 0. The van der Waals surface area contributed by atoms with Crippen molar-refractivity contribution in [1.29, 1.82) is 0 Å². The lowest BCUT2D eigenvalue weighted by atomic mass is 10.1. The molecule has 114 valence electrons. The number of hydrogen-bond acceptors (Lipinski definition) is 0. The van der Waals surface area contributed by atoms with E-state index < -0.39 is 0 Å². The number of aromatic nitrogens is 2. The van der Waals surface area contributed by atoms with E-state index in [4.69, 9.17) is 0 Å². The first kappa shape index (κ1) is 17.0. The van der Waals surface area contributed by atoms with Crippen LogP contribution < -0.4 is 4.57 Å². The van der Waals surface area contributed by atoms with Crippen LogP contribution in [0.5, 0.6) is 0 Å². The zero-order valence-electron chi connectivity index (χ0n) is 13.4. The first-order chi connectivity index (χ1) is 9.86. The van der Waals surface area contributed by atoms with Gasteiger partial charge in [0.1, 0.15) is 18.9 Å². The van der Waals surface area contributed by atoms with Gasteiger partial charge >= 0.3 is 0 Å². The molecule has 0 aliphatic rings. The molecule has 1 heterocycles. The molecule has 0 N–H and O–H groups in total. The molecule has 0 atom stereocenters. The summed E-state index contributed by atoms with van der Waals surface area (Å²) in [6.45, 7) is 8.10. The smallest absolute Gasteiger partial charge is 0.237 e. The topological polar surface area (TPSA) is 8.81 Å². The minimum atomic E-state index is 0.908. The van der Waals surface area contributed by atoms with Gasteiger partial charge in [0.2, 0.25) is 6.33 Å². The monoisotopic (exact) mass is 277 g/mol. The SMILES string of the molecule is C=CCn1cc[n+](CCCCCCCCCCCC)c1. The van der Waals surface area contributed by atoms with E-state index in [9.17, 15) is 0 Å². The first-order valence-electron chi connectivity index (χ1n) is 8.52. The molecule has 0 fully saturated rings. The van der Waals surface area contributed by atoms with Crippen molar-refractivity contribution in [3.8, 4) is 0 Å². The number of rotatable bonds is 13. The molecule has 0 unspecified atom stereocenters. The van der Waals surface area contributed by atoms with Crippen molar-refractivity contribution < 1.29 is 4.57 Å². The molecule has 0 aliphatic carbocycles. The van der Waals surface area contributed by atoms with Crippen LogP contribution in [-0.4, -0.2) is 4.57 Å². The molecular formula is C18H33N2+. The van der Waals surface area contributed by atoms with Gasteiger partial charge in [-0.15, -0.1) is 0 Å². The highest BCUT2D eigenvalue weighted by Gasteiger charge is 2.01. The van der Waals surface area contributed by atoms with Crippen molar-refractivity contribution in [3.63, 3.8) is 0 Å². The van der Waals surface area contributed by atoms with Crippen LogP contribution in [0.1, 0.15) is 71.1 Å². The second kappa shape index (κ2) is 11.7. The van der Waals surface area contributed by atoms with E-state index in [2.05, 4.69) is 41.4 Å². The van der Waals surface area contributed by atoms with Crippen molar-refractivity contribution in [2.24, 2.45) is 0 Å². The van der Waals surface area contributed by atoms with E-state index in [0.29, 0.717) is 0 Å². The molecule has 0 saturated carbocycles. The van der Waals surface area contributed by atoms with Crippen LogP contribution in [0.2, 0.25) is 0 Å². The van der Waals surface area contributed by atoms with E-state index in [-0.39, 0.29) is 0 Å². The molecule has 0 radical (unpaired) electrons. The summed E-state index contributed by atoms with van der Waals surface area (Å²) in [5.41, 5.74) is 0. The molecule has 1 aromatic rings. The Morgan fingerprint density at radius 3 is 2.15 bits per heavy atom. The van der Waals surface area contributed by atoms with Gasteiger partial charge in [0.15, 0.2) is 0 Å². The number of unbranched alkanes of at least 4 members (excludes halogenated alkanes) is 9. The fourth-order valence-corrected chi connectivity index (χ4v) is 2.61. The first-order valence-corrected chi connectivity index (χ1v) is 8.52. The minimum absolute atomic E-state index is 0.908. The summed E-state index contributed by atoms with van der Waals surface area (Å²) in [7, 11) is 0. The number of allylic oxidation sites excluding steroid dienone is 1. The van der Waals surface area contributed by atoms with E-state index in [1.807, 2.05) is 6.08 Å². The Labute approximate surface area is 125 Å². The summed E-state index contributed by atoms with van der Waals surface area (Å²) in [6, 6.07) is 0. The number of aryl methyl sites for hydroxylation is 1. The van der Waals surface area contributed by atoms with Gasteiger partial charge in [-0.05, 0) is 12.8 Å². The maximum atomic E-state index is 3.76. The summed E-state index contributed by atoms with van der Waals surface area (Å²) >= 11 is 0. The van der Waals surface area contributed by atoms with Gasteiger partial charge in [-0.25, -0.2) is 9.13 Å². The van der Waals surface area contributed by atoms with Crippen LogP contribution in [0.15, 0.2) is 31.4 Å².